The van der Waals surface area contributed by atoms with Crippen LogP contribution in [0.4, 0.5) is 0 Å². The largest absolute Gasteiger partial charge is 0.393 e. The lowest BCUT2D eigenvalue weighted by molar-refractivity contribution is -0.114. The van der Waals surface area contributed by atoms with Crippen molar-refractivity contribution in [3.8, 4) is 0 Å². The molecule has 0 aromatic rings. The molecule has 1 heterocycles. The Morgan fingerprint density at radius 2 is 2.29 bits per heavy atom. The highest BCUT2D eigenvalue weighted by atomic mass is 16.3. The van der Waals surface area contributed by atoms with Crippen molar-refractivity contribution in [3.05, 3.63) is 11.8 Å². The molecule has 0 radical (unpaired) electrons. The Morgan fingerprint density at radius 1 is 1.50 bits per heavy atom. The van der Waals surface area contributed by atoms with Crippen molar-refractivity contribution in [1.82, 2.24) is 4.90 Å². The molecule has 2 unspecified atom stereocenters. The number of carbonyl (C=O) groups is 1. The van der Waals surface area contributed by atoms with E-state index in [2.05, 4.69) is 11.8 Å². The zero-order valence-electron chi connectivity index (χ0n) is 8.57. The minimum Gasteiger partial charge on any atom is -0.393 e. The molecule has 2 aliphatic rings. The van der Waals surface area contributed by atoms with Gasteiger partial charge in [-0.2, -0.15) is 0 Å². The van der Waals surface area contributed by atoms with Crippen LogP contribution in [0.15, 0.2) is 11.8 Å². The Balaban J connectivity index is 2.00. The summed E-state index contributed by atoms with van der Waals surface area (Å²) in [5, 5.41) is 9.58. The lowest BCUT2D eigenvalue weighted by Crippen LogP contribution is -2.41. The number of likely N-dealkylation sites (tertiary alicyclic amines) is 1. The Kier molecular flexibility index (Phi) is 2.59. The standard InChI is InChI=1S/C11H17NO2/c1-8-7-12(5-4-11(8)14)9-2-3-10(13)6-9/h6,8,11,14H,2-5,7H2,1H3. The minimum atomic E-state index is -0.163. The fourth-order valence-electron chi connectivity index (χ4n) is 2.22. The lowest BCUT2D eigenvalue weighted by Gasteiger charge is -2.36. The van der Waals surface area contributed by atoms with Crippen LogP contribution < -0.4 is 0 Å². The highest BCUT2D eigenvalue weighted by Crippen LogP contribution is 2.25. The predicted octanol–water partition coefficient (Wildman–Crippen LogP) is 0.936. The molecule has 3 heteroatoms. The van der Waals surface area contributed by atoms with Crippen LogP contribution in [0.5, 0.6) is 0 Å². The average molecular weight is 195 g/mol. The van der Waals surface area contributed by atoms with Gasteiger partial charge in [0.15, 0.2) is 5.78 Å². The maximum atomic E-state index is 11.1. The molecule has 1 aliphatic carbocycles. The van der Waals surface area contributed by atoms with Crippen LogP contribution in [0, 0.1) is 5.92 Å². The van der Waals surface area contributed by atoms with E-state index in [0.29, 0.717) is 12.3 Å². The van der Waals surface area contributed by atoms with Gasteiger partial charge in [0.1, 0.15) is 0 Å². The Morgan fingerprint density at radius 3 is 2.86 bits per heavy atom. The number of ketones is 1. The van der Waals surface area contributed by atoms with Crippen molar-refractivity contribution in [2.45, 2.75) is 32.3 Å². The van der Waals surface area contributed by atoms with Crippen molar-refractivity contribution in [2.24, 2.45) is 5.92 Å². The molecule has 0 aromatic carbocycles. The normalized spacial score (nSPS) is 33.4. The second-order valence-electron chi connectivity index (χ2n) is 4.38. The number of aliphatic hydroxyl groups is 1. The van der Waals surface area contributed by atoms with Gasteiger partial charge in [0.2, 0.25) is 0 Å². The lowest BCUT2D eigenvalue weighted by atomic mass is 9.96. The summed E-state index contributed by atoms with van der Waals surface area (Å²) >= 11 is 0. The summed E-state index contributed by atoms with van der Waals surface area (Å²) in [6, 6.07) is 0. The van der Waals surface area contributed by atoms with Crippen molar-refractivity contribution in [2.75, 3.05) is 13.1 Å². The number of piperidine rings is 1. The zero-order valence-corrected chi connectivity index (χ0v) is 8.57. The average Bonchev–Trinajstić information content (AvgIpc) is 2.57. The molecule has 1 N–H and O–H groups in total. The smallest absolute Gasteiger partial charge is 0.157 e. The number of hydrogen-bond acceptors (Lipinski definition) is 3. The molecule has 0 saturated carbocycles. The third-order valence-electron chi connectivity index (χ3n) is 3.22. The van der Waals surface area contributed by atoms with E-state index in [0.717, 1.165) is 25.9 Å². The van der Waals surface area contributed by atoms with Crippen LogP contribution in [0.1, 0.15) is 26.2 Å². The second-order valence-corrected chi connectivity index (χ2v) is 4.38. The molecule has 0 spiro atoms. The van der Waals surface area contributed by atoms with E-state index in [-0.39, 0.29) is 11.9 Å². The molecule has 1 aliphatic heterocycles. The summed E-state index contributed by atoms with van der Waals surface area (Å²) < 4.78 is 0. The van der Waals surface area contributed by atoms with Gasteiger partial charge in [0, 0.05) is 31.3 Å². The fraction of sp³-hybridized carbons (Fsp3) is 0.727. The summed E-state index contributed by atoms with van der Waals surface area (Å²) in [4.78, 5) is 13.3. The van der Waals surface area contributed by atoms with Crippen LogP contribution in [0.3, 0.4) is 0 Å². The molecule has 1 fully saturated rings. The van der Waals surface area contributed by atoms with E-state index >= 15 is 0 Å². The van der Waals surface area contributed by atoms with E-state index in [4.69, 9.17) is 0 Å². The van der Waals surface area contributed by atoms with Gasteiger partial charge in [-0.25, -0.2) is 0 Å². The number of aliphatic hydroxyl groups excluding tert-OH is 1. The van der Waals surface area contributed by atoms with Crippen LogP contribution in [0.25, 0.3) is 0 Å². The molecular formula is C11H17NO2. The van der Waals surface area contributed by atoms with E-state index < -0.39 is 0 Å². The Labute approximate surface area is 84.4 Å². The first-order valence-corrected chi connectivity index (χ1v) is 5.33. The molecule has 1 saturated heterocycles. The van der Waals surface area contributed by atoms with E-state index in [9.17, 15) is 9.90 Å². The van der Waals surface area contributed by atoms with E-state index in [1.54, 1.807) is 6.08 Å². The Bertz CT molecular complexity index is 272. The maximum absolute atomic E-state index is 11.1. The number of nitrogens with zero attached hydrogens (tertiary/aromatic N) is 1. The summed E-state index contributed by atoms with van der Waals surface area (Å²) in [6.07, 6.45) is 3.99. The number of hydrogen-bond donors (Lipinski definition) is 1. The number of carbonyl (C=O) groups excluding carboxylic acids is 1. The van der Waals surface area contributed by atoms with E-state index in [1.807, 2.05) is 0 Å². The SMILES string of the molecule is CC1CN(C2=CC(=O)CC2)CCC1O. The molecule has 0 amide bonds. The van der Waals surface area contributed by atoms with Gasteiger partial charge in [-0.3, -0.25) is 4.79 Å². The van der Waals surface area contributed by atoms with Gasteiger partial charge in [0.05, 0.1) is 6.10 Å². The topological polar surface area (TPSA) is 40.5 Å². The van der Waals surface area contributed by atoms with Crippen molar-refractivity contribution in [3.63, 3.8) is 0 Å². The number of rotatable bonds is 1. The highest BCUT2D eigenvalue weighted by molar-refractivity contribution is 5.92. The van der Waals surface area contributed by atoms with Crippen LogP contribution in [-0.4, -0.2) is 35.0 Å². The van der Waals surface area contributed by atoms with Gasteiger partial charge in [-0.1, -0.05) is 6.92 Å². The monoisotopic (exact) mass is 195 g/mol. The summed E-state index contributed by atoms with van der Waals surface area (Å²) in [5.41, 5.74) is 1.17. The molecular weight excluding hydrogens is 178 g/mol. The number of allylic oxidation sites excluding steroid dienone is 2. The molecule has 0 bridgehead atoms. The van der Waals surface area contributed by atoms with Crippen LogP contribution >= 0.6 is 0 Å². The molecule has 0 aromatic heterocycles. The van der Waals surface area contributed by atoms with Gasteiger partial charge in [-0.05, 0) is 18.8 Å². The van der Waals surface area contributed by atoms with Crippen LogP contribution in [0.2, 0.25) is 0 Å². The van der Waals surface area contributed by atoms with Gasteiger partial charge >= 0.3 is 0 Å². The highest BCUT2D eigenvalue weighted by Gasteiger charge is 2.27. The van der Waals surface area contributed by atoms with Gasteiger partial charge in [-0.15, -0.1) is 0 Å². The summed E-state index contributed by atoms with van der Waals surface area (Å²) in [7, 11) is 0. The molecule has 3 nitrogen and oxygen atoms in total. The first-order valence-electron chi connectivity index (χ1n) is 5.33. The predicted molar refractivity (Wildman–Crippen MR) is 53.7 cm³/mol. The summed E-state index contributed by atoms with van der Waals surface area (Å²) in [5.74, 6) is 0.569. The van der Waals surface area contributed by atoms with Crippen LogP contribution in [-0.2, 0) is 4.79 Å². The molecule has 2 rings (SSSR count). The first-order chi connectivity index (χ1) is 6.66. The Hall–Kier alpha value is -0.830. The minimum absolute atomic E-state index is 0.163. The quantitative estimate of drug-likeness (QED) is 0.677. The van der Waals surface area contributed by atoms with Crippen molar-refractivity contribution >= 4 is 5.78 Å². The van der Waals surface area contributed by atoms with E-state index in [1.165, 1.54) is 5.70 Å². The molecule has 14 heavy (non-hydrogen) atoms. The maximum Gasteiger partial charge on any atom is 0.157 e. The van der Waals surface area contributed by atoms with Crippen molar-refractivity contribution in [1.29, 1.82) is 0 Å². The van der Waals surface area contributed by atoms with Gasteiger partial charge in [0.25, 0.3) is 0 Å². The first kappa shape index (κ1) is 9.71. The molecule has 2 atom stereocenters. The van der Waals surface area contributed by atoms with Crippen molar-refractivity contribution < 1.29 is 9.90 Å². The summed E-state index contributed by atoms with van der Waals surface area (Å²) in [6.45, 7) is 3.85. The third kappa shape index (κ3) is 1.82. The van der Waals surface area contributed by atoms with Gasteiger partial charge < -0.3 is 10.0 Å². The zero-order chi connectivity index (χ0) is 10.1. The second kappa shape index (κ2) is 3.73. The fourth-order valence-corrected chi connectivity index (χ4v) is 2.22. The third-order valence-corrected chi connectivity index (χ3v) is 3.22. The molecule has 78 valence electrons.